The summed E-state index contributed by atoms with van der Waals surface area (Å²) in [4.78, 5) is 0. The number of hydrogen-bond acceptors (Lipinski definition) is 3. The van der Waals surface area contributed by atoms with Gasteiger partial charge >= 0.3 is 95.1 Å². The summed E-state index contributed by atoms with van der Waals surface area (Å²) in [5.41, 5.74) is 0. The fourth-order valence-corrected chi connectivity index (χ4v) is 0. The number of rotatable bonds is 0. The minimum absolute atomic E-state index is 0. The first-order chi connectivity index (χ1) is 1.73. The Labute approximate surface area is 110 Å². The van der Waals surface area contributed by atoms with Gasteiger partial charge in [-0.2, -0.15) is 0 Å². The van der Waals surface area contributed by atoms with Crippen molar-refractivity contribution in [2.75, 3.05) is 0 Å². The Kier molecular flexibility index (Phi) is 27.9. The van der Waals surface area contributed by atoms with Crippen molar-refractivity contribution in [3.8, 4) is 0 Å². The fraction of sp³-hybridized carbons (Fsp3) is 0. The van der Waals surface area contributed by atoms with Crippen molar-refractivity contribution in [1.82, 2.24) is 0 Å². The van der Waals surface area contributed by atoms with Gasteiger partial charge in [0.2, 0.25) is 0 Å². The molecule has 0 spiro atoms. The Hall–Kier alpha value is 2.59. The summed E-state index contributed by atoms with van der Waals surface area (Å²) in [5.74, 6) is 0. The Balaban J connectivity index is -0.00000000750. The van der Waals surface area contributed by atoms with Crippen molar-refractivity contribution in [3.63, 3.8) is 0 Å². The zero-order chi connectivity index (χ0) is 3.58. The van der Waals surface area contributed by atoms with Crippen molar-refractivity contribution in [2.45, 2.75) is 0 Å². The van der Waals surface area contributed by atoms with E-state index in [2.05, 4.69) is 0 Å². The molecule has 0 aromatic rings. The normalized spacial score (nSPS) is 4.50. The molecule has 0 unspecified atom stereocenters. The molecule has 0 saturated heterocycles. The van der Waals surface area contributed by atoms with Crippen molar-refractivity contribution in [1.29, 1.82) is 0 Å². The molecular weight excluding hydrogens is 199 g/mol. The Morgan fingerprint density at radius 3 is 1.17 bits per heavy atom. The predicted octanol–water partition coefficient (Wildman–Crippen LogP) is -7.82. The molecular formula is H5BCsLiO3. The SMILES string of the molecule is OB(O)O.[Cs+].[H-].[H-].[Li+]. The van der Waals surface area contributed by atoms with E-state index < -0.39 is 7.32 Å². The summed E-state index contributed by atoms with van der Waals surface area (Å²) < 4.78 is 0. The summed E-state index contributed by atoms with van der Waals surface area (Å²) in [5, 5.41) is 21.5. The van der Waals surface area contributed by atoms with Crippen LogP contribution in [0.4, 0.5) is 0 Å². The minimum Gasteiger partial charge on any atom is -1.00 e. The maximum Gasteiger partial charge on any atom is 1.00 e. The van der Waals surface area contributed by atoms with Gasteiger partial charge in [-0.1, -0.05) is 0 Å². The van der Waals surface area contributed by atoms with Gasteiger partial charge in [-0.25, -0.2) is 0 Å². The van der Waals surface area contributed by atoms with Crippen LogP contribution < -0.4 is 87.8 Å². The monoisotopic (exact) mass is 204 g/mol. The second-order valence-electron chi connectivity index (χ2n) is 0.346. The standard InChI is InChI=1S/BH3O3.Cs.Li.2H/c2-1(3)4;;;;/h2-4H;;;;/q;2*+1;2*-1. The van der Waals surface area contributed by atoms with E-state index in [0.29, 0.717) is 0 Å². The molecule has 0 rings (SSSR count). The molecule has 6 heavy (non-hydrogen) atoms. The van der Waals surface area contributed by atoms with E-state index in [1.54, 1.807) is 0 Å². The number of hydrogen-bond donors (Lipinski definition) is 3. The van der Waals surface area contributed by atoms with Crippen LogP contribution in [0.2, 0.25) is 0 Å². The molecule has 3 N–H and O–H groups in total. The van der Waals surface area contributed by atoms with Gasteiger partial charge in [0.1, 0.15) is 0 Å². The van der Waals surface area contributed by atoms with Gasteiger partial charge in [0, 0.05) is 0 Å². The summed E-state index contributed by atoms with van der Waals surface area (Å²) in [6.45, 7) is 0. The first kappa shape index (κ1) is 15.8. The second kappa shape index (κ2) is 10.6. The fourth-order valence-electron chi connectivity index (χ4n) is 0. The summed E-state index contributed by atoms with van der Waals surface area (Å²) in [7, 11) is -2.17. The van der Waals surface area contributed by atoms with Crippen molar-refractivity contribution < 1.29 is 106 Å². The van der Waals surface area contributed by atoms with Gasteiger partial charge < -0.3 is 17.9 Å². The van der Waals surface area contributed by atoms with Gasteiger partial charge in [-0.15, -0.1) is 0 Å². The first-order valence-corrected chi connectivity index (χ1v) is 0.775. The molecule has 0 saturated carbocycles. The average molecular weight is 204 g/mol. The molecule has 0 aliphatic carbocycles. The molecule has 28 valence electrons. The molecule has 0 bridgehead atoms. The predicted molar refractivity (Wildman–Crippen MR) is 14.6 cm³/mol. The summed E-state index contributed by atoms with van der Waals surface area (Å²) >= 11 is 0. The van der Waals surface area contributed by atoms with Crippen molar-refractivity contribution in [3.05, 3.63) is 0 Å². The molecule has 6 heteroatoms. The van der Waals surface area contributed by atoms with E-state index in [0.717, 1.165) is 0 Å². The van der Waals surface area contributed by atoms with Crippen molar-refractivity contribution in [2.24, 2.45) is 0 Å². The topological polar surface area (TPSA) is 60.7 Å². The van der Waals surface area contributed by atoms with Gasteiger partial charge in [-0.05, 0) is 0 Å². The minimum atomic E-state index is -2.17. The maximum absolute atomic E-state index is 7.17. The third-order valence-corrected chi connectivity index (χ3v) is 0. The quantitative estimate of drug-likeness (QED) is 0.343. The Bertz CT molecular complexity index is 22.0. The van der Waals surface area contributed by atoms with Crippen LogP contribution in [-0.4, -0.2) is 22.4 Å². The Morgan fingerprint density at radius 2 is 1.17 bits per heavy atom. The molecule has 0 amide bonds. The van der Waals surface area contributed by atoms with E-state index in [4.69, 9.17) is 15.1 Å². The van der Waals surface area contributed by atoms with E-state index >= 15 is 0 Å². The third-order valence-electron chi connectivity index (χ3n) is 0. The summed E-state index contributed by atoms with van der Waals surface area (Å²) in [6, 6.07) is 0. The Morgan fingerprint density at radius 1 is 1.17 bits per heavy atom. The molecule has 0 aliphatic heterocycles. The largest absolute Gasteiger partial charge is 1.00 e. The van der Waals surface area contributed by atoms with E-state index in [1.165, 1.54) is 0 Å². The smallest absolute Gasteiger partial charge is 1.00 e. The van der Waals surface area contributed by atoms with Crippen LogP contribution in [0.3, 0.4) is 0 Å². The molecule has 0 aromatic carbocycles. The van der Waals surface area contributed by atoms with Crippen LogP contribution in [0.25, 0.3) is 0 Å². The van der Waals surface area contributed by atoms with Gasteiger partial charge in [0.25, 0.3) is 0 Å². The first-order valence-electron chi connectivity index (χ1n) is 0.775. The zero-order valence-corrected chi connectivity index (χ0v) is 10.2. The molecule has 0 radical (unpaired) electrons. The van der Waals surface area contributed by atoms with Crippen LogP contribution in [0.1, 0.15) is 2.85 Å². The van der Waals surface area contributed by atoms with Crippen LogP contribution in [0.5, 0.6) is 0 Å². The van der Waals surface area contributed by atoms with Gasteiger partial charge in [-0.3, -0.25) is 0 Å². The molecule has 3 nitrogen and oxygen atoms in total. The average Bonchev–Trinajstić information content (AvgIpc) is 0.811. The zero-order valence-electron chi connectivity index (χ0n) is 5.92. The van der Waals surface area contributed by atoms with Crippen LogP contribution in [0, 0.1) is 0 Å². The van der Waals surface area contributed by atoms with E-state index in [9.17, 15) is 0 Å². The maximum atomic E-state index is 7.17. The van der Waals surface area contributed by atoms with Crippen molar-refractivity contribution >= 4 is 7.32 Å². The van der Waals surface area contributed by atoms with Crippen LogP contribution in [0.15, 0.2) is 0 Å². The van der Waals surface area contributed by atoms with Crippen LogP contribution in [-0.2, 0) is 0 Å². The third kappa shape index (κ3) is 30.7. The molecule has 0 aliphatic rings. The molecule has 0 fully saturated rings. The molecule has 0 heterocycles. The van der Waals surface area contributed by atoms with Crippen LogP contribution >= 0.6 is 0 Å². The molecule has 0 aromatic heterocycles. The van der Waals surface area contributed by atoms with Gasteiger partial charge in [0.05, 0.1) is 0 Å². The van der Waals surface area contributed by atoms with E-state index in [1.807, 2.05) is 0 Å². The molecule has 0 atom stereocenters. The van der Waals surface area contributed by atoms with Gasteiger partial charge in [0.15, 0.2) is 0 Å². The second-order valence-corrected chi connectivity index (χ2v) is 0.346. The summed E-state index contributed by atoms with van der Waals surface area (Å²) in [6.07, 6.45) is 0. The van der Waals surface area contributed by atoms with E-state index in [-0.39, 0.29) is 90.6 Å².